The highest BCUT2D eigenvalue weighted by molar-refractivity contribution is 5.92. The van der Waals surface area contributed by atoms with Crippen molar-refractivity contribution in [3.8, 4) is 0 Å². The Morgan fingerprint density at radius 2 is 2.16 bits per heavy atom. The number of aryl methyl sites for hydroxylation is 1. The number of amides is 1. The van der Waals surface area contributed by atoms with E-state index in [1.807, 2.05) is 24.9 Å². The Morgan fingerprint density at radius 1 is 1.40 bits per heavy atom. The quantitative estimate of drug-likeness (QED) is 0.715. The van der Waals surface area contributed by atoms with Crippen LogP contribution in [-0.2, 0) is 22.7 Å². The molecule has 8 nitrogen and oxygen atoms in total. The maximum absolute atomic E-state index is 12.6. The summed E-state index contributed by atoms with van der Waals surface area (Å²) >= 11 is 0. The first-order chi connectivity index (χ1) is 11.9. The summed E-state index contributed by atoms with van der Waals surface area (Å²) in [6.45, 7) is 6.71. The van der Waals surface area contributed by atoms with Gasteiger partial charge in [-0.25, -0.2) is 0 Å². The Kier molecular flexibility index (Phi) is 4.83. The van der Waals surface area contributed by atoms with Crippen molar-refractivity contribution in [1.82, 2.24) is 19.6 Å². The highest BCUT2D eigenvalue weighted by atomic mass is 16.4. The number of aliphatic hydroxyl groups excluding tert-OH is 1. The molecule has 1 aromatic heterocycles. The van der Waals surface area contributed by atoms with Crippen molar-refractivity contribution >= 4 is 11.9 Å². The fourth-order valence-corrected chi connectivity index (χ4v) is 4.16. The molecule has 0 spiro atoms. The predicted molar refractivity (Wildman–Crippen MR) is 89.8 cm³/mol. The highest BCUT2D eigenvalue weighted by Crippen LogP contribution is 2.44. The molecule has 8 heteroatoms. The summed E-state index contributed by atoms with van der Waals surface area (Å²) in [5, 5.41) is 23.2. The van der Waals surface area contributed by atoms with Gasteiger partial charge in [-0.3, -0.25) is 19.2 Å². The molecule has 0 unspecified atom stereocenters. The number of likely N-dealkylation sites (tertiary alicyclic amines) is 2. The zero-order chi connectivity index (χ0) is 18.2. The largest absolute Gasteiger partial charge is 0.481 e. The van der Waals surface area contributed by atoms with Crippen molar-refractivity contribution in [3.63, 3.8) is 0 Å². The lowest BCUT2D eigenvalue weighted by atomic mass is 9.81. The van der Waals surface area contributed by atoms with Crippen LogP contribution in [0, 0.1) is 18.3 Å². The molecule has 0 saturated carbocycles. The topological polar surface area (TPSA) is 98.9 Å². The van der Waals surface area contributed by atoms with Gasteiger partial charge in [-0.2, -0.15) is 5.10 Å². The summed E-state index contributed by atoms with van der Waals surface area (Å²) in [6, 6.07) is 0. The number of carboxylic acids is 1. The van der Waals surface area contributed by atoms with Gasteiger partial charge < -0.3 is 15.1 Å². The van der Waals surface area contributed by atoms with Gasteiger partial charge in [0.05, 0.1) is 24.8 Å². The van der Waals surface area contributed by atoms with Crippen LogP contribution in [0.25, 0.3) is 0 Å². The van der Waals surface area contributed by atoms with Crippen LogP contribution < -0.4 is 0 Å². The van der Waals surface area contributed by atoms with Crippen LogP contribution in [0.2, 0.25) is 0 Å². The third-order valence-corrected chi connectivity index (χ3v) is 5.39. The molecule has 1 aromatic rings. The number of carbonyl (C=O) groups is 2. The zero-order valence-electron chi connectivity index (χ0n) is 14.8. The van der Waals surface area contributed by atoms with Crippen molar-refractivity contribution in [2.75, 3.05) is 32.8 Å². The molecular formula is C17H26N4O4. The van der Waals surface area contributed by atoms with E-state index in [9.17, 15) is 14.7 Å². The zero-order valence-corrected chi connectivity index (χ0v) is 14.8. The van der Waals surface area contributed by atoms with E-state index in [0.717, 1.165) is 17.7 Å². The van der Waals surface area contributed by atoms with Gasteiger partial charge in [-0.1, -0.05) is 6.92 Å². The Morgan fingerprint density at radius 3 is 2.76 bits per heavy atom. The van der Waals surface area contributed by atoms with Gasteiger partial charge in [0.1, 0.15) is 5.41 Å². The second-order valence-electron chi connectivity index (χ2n) is 7.17. The fraction of sp³-hybridized carbons (Fsp3) is 0.706. The van der Waals surface area contributed by atoms with Gasteiger partial charge in [0.25, 0.3) is 0 Å². The first kappa shape index (κ1) is 17.9. The molecule has 138 valence electrons. The fourth-order valence-electron chi connectivity index (χ4n) is 4.16. The first-order valence-corrected chi connectivity index (χ1v) is 8.79. The van der Waals surface area contributed by atoms with E-state index in [-0.39, 0.29) is 12.5 Å². The third-order valence-electron chi connectivity index (χ3n) is 5.39. The molecule has 0 aromatic carbocycles. The van der Waals surface area contributed by atoms with Crippen LogP contribution in [0.4, 0.5) is 0 Å². The number of hydrogen-bond donors (Lipinski definition) is 2. The van der Waals surface area contributed by atoms with Crippen LogP contribution in [-0.4, -0.2) is 74.5 Å². The average Bonchev–Trinajstić information content (AvgIpc) is 3.15. The number of aliphatic carboxylic acids is 1. The normalized spacial score (nSPS) is 26.4. The van der Waals surface area contributed by atoms with E-state index in [2.05, 4.69) is 5.10 Å². The van der Waals surface area contributed by atoms with Gasteiger partial charge in [0, 0.05) is 44.5 Å². The number of carbonyl (C=O) groups excluding carboxylic acids is 1. The van der Waals surface area contributed by atoms with Crippen LogP contribution in [0.15, 0.2) is 6.20 Å². The Hall–Kier alpha value is -1.93. The van der Waals surface area contributed by atoms with Gasteiger partial charge in [0.15, 0.2) is 0 Å². The molecule has 2 aliphatic rings. The van der Waals surface area contributed by atoms with Gasteiger partial charge in [0.2, 0.25) is 5.91 Å². The van der Waals surface area contributed by atoms with Crippen molar-refractivity contribution in [2.24, 2.45) is 11.3 Å². The van der Waals surface area contributed by atoms with Crippen molar-refractivity contribution in [3.05, 3.63) is 17.5 Å². The summed E-state index contributed by atoms with van der Waals surface area (Å²) < 4.78 is 1.70. The van der Waals surface area contributed by atoms with E-state index in [1.165, 1.54) is 0 Å². The van der Waals surface area contributed by atoms with Gasteiger partial charge in [-0.15, -0.1) is 0 Å². The SMILES string of the molecule is CCCN1C[C@@]2(C(=O)O)CN(Cc3cn(CCO)nc3C)C[C@H]2C1=O. The molecule has 0 radical (unpaired) electrons. The minimum Gasteiger partial charge on any atom is -0.481 e. The molecule has 3 rings (SSSR count). The summed E-state index contributed by atoms with van der Waals surface area (Å²) in [4.78, 5) is 28.4. The number of fused-ring (bicyclic) bond motifs is 1. The first-order valence-electron chi connectivity index (χ1n) is 8.79. The highest BCUT2D eigenvalue weighted by Gasteiger charge is 2.61. The summed E-state index contributed by atoms with van der Waals surface area (Å²) in [7, 11) is 0. The Balaban J connectivity index is 1.76. The van der Waals surface area contributed by atoms with Crippen molar-refractivity contribution in [1.29, 1.82) is 0 Å². The lowest BCUT2D eigenvalue weighted by Crippen LogP contribution is -2.40. The minimum absolute atomic E-state index is 0.0240. The molecule has 0 aliphatic carbocycles. The molecule has 2 N–H and O–H groups in total. The summed E-state index contributed by atoms with van der Waals surface area (Å²) in [5.74, 6) is -1.37. The van der Waals surface area contributed by atoms with E-state index in [0.29, 0.717) is 39.3 Å². The second kappa shape index (κ2) is 6.76. The smallest absolute Gasteiger partial charge is 0.313 e. The lowest BCUT2D eigenvalue weighted by molar-refractivity contribution is -0.149. The lowest BCUT2D eigenvalue weighted by Gasteiger charge is -2.25. The van der Waals surface area contributed by atoms with E-state index in [4.69, 9.17) is 5.11 Å². The van der Waals surface area contributed by atoms with Crippen LogP contribution >= 0.6 is 0 Å². The van der Waals surface area contributed by atoms with Crippen LogP contribution in [0.3, 0.4) is 0 Å². The molecule has 2 saturated heterocycles. The maximum Gasteiger partial charge on any atom is 0.313 e. The summed E-state index contributed by atoms with van der Waals surface area (Å²) in [6.07, 6.45) is 2.72. The van der Waals surface area contributed by atoms with Crippen LogP contribution in [0.5, 0.6) is 0 Å². The Bertz CT molecular complexity index is 674. The van der Waals surface area contributed by atoms with Crippen molar-refractivity contribution < 1.29 is 19.8 Å². The number of rotatable bonds is 7. The number of aromatic nitrogens is 2. The van der Waals surface area contributed by atoms with E-state index >= 15 is 0 Å². The molecule has 2 fully saturated rings. The number of hydrogen-bond acceptors (Lipinski definition) is 5. The van der Waals surface area contributed by atoms with E-state index in [1.54, 1.807) is 9.58 Å². The number of nitrogens with zero attached hydrogens (tertiary/aromatic N) is 4. The monoisotopic (exact) mass is 350 g/mol. The number of carboxylic acid groups (broad SMARTS) is 1. The molecule has 0 bridgehead atoms. The predicted octanol–water partition coefficient (Wildman–Crippen LogP) is -0.0612. The van der Waals surface area contributed by atoms with E-state index < -0.39 is 17.3 Å². The molecule has 25 heavy (non-hydrogen) atoms. The Labute approximate surface area is 147 Å². The van der Waals surface area contributed by atoms with Crippen molar-refractivity contribution in [2.45, 2.75) is 33.4 Å². The standard InChI is InChI=1S/C17H26N4O4/c1-3-4-20-11-17(16(24)25)10-19(9-14(17)15(20)23)7-13-8-21(5-6-22)18-12(13)2/h8,14,22H,3-7,9-11H2,1-2H3,(H,24,25)/t14-,17-/m0/s1. The molecular weight excluding hydrogens is 324 g/mol. The summed E-state index contributed by atoms with van der Waals surface area (Å²) in [5.41, 5.74) is 0.877. The molecule has 3 heterocycles. The van der Waals surface area contributed by atoms with Crippen LogP contribution in [0.1, 0.15) is 24.6 Å². The van der Waals surface area contributed by atoms with Gasteiger partial charge >= 0.3 is 5.97 Å². The van der Waals surface area contributed by atoms with Gasteiger partial charge in [-0.05, 0) is 13.3 Å². The molecule has 2 atom stereocenters. The molecule has 2 aliphatic heterocycles. The molecule has 1 amide bonds. The third kappa shape index (κ3) is 3.04. The number of aliphatic hydroxyl groups is 1. The average molecular weight is 350 g/mol. The minimum atomic E-state index is -0.999. The second-order valence-corrected chi connectivity index (χ2v) is 7.17. The maximum atomic E-state index is 12.6.